The minimum atomic E-state index is 0.290. The summed E-state index contributed by atoms with van der Waals surface area (Å²) in [6.45, 7) is 0. The standard InChI is InChI=1S/C10H6N2OS/c11-4-7-6-1-2-14-10(6)3-9(12)8(7)5-13/h1-3,5H,12H2. The Bertz CT molecular complexity index is 551. The van der Waals surface area contributed by atoms with Crippen molar-refractivity contribution in [2.75, 3.05) is 5.73 Å². The summed E-state index contributed by atoms with van der Waals surface area (Å²) >= 11 is 1.50. The normalized spacial score (nSPS) is 9.93. The van der Waals surface area contributed by atoms with Crippen molar-refractivity contribution in [3.8, 4) is 6.07 Å². The second-order valence-electron chi connectivity index (χ2n) is 2.82. The van der Waals surface area contributed by atoms with Crippen molar-refractivity contribution >= 4 is 33.4 Å². The molecule has 0 amide bonds. The first-order valence-electron chi connectivity index (χ1n) is 3.93. The zero-order valence-corrected chi connectivity index (χ0v) is 7.97. The Labute approximate surface area is 84.4 Å². The van der Waals surface area contributed by atoms with Crippen molar-refractivity contribution < 1.29 is 4.79 Å². The second kappa shape index (κ2) is 3.13. The van der Waals surface area contributed by atoms with Crippen LogP contribution in [0.5, 0.6) is 0 Å². The van der Waals surface area contributed by atoms with Crippen molar-refractivity contribution in [1.29, 1.82) is 5.26 Å². The number of carbonyl (C=O) groups excluding carboxylic acids is 1. The summed E-state index contributed by atoms with van der Waals surface area (Å²) in [4.78, 5) is 10.7. The van der Waals surface area contributed by atoms with E-state index in [9.17, 15) is 4.79 Å². The van der Waals surface area contributed by atoms with Crippen LogP contribution in [0.2, 0.25) is 0 Å². The molecule has 2 rings (SSSR count). The molecule has 14 heavy (non-hydrogen) atoms. The molecule has 0 unspecified atom stereocenters. The van der Waals surface area contributed by atoms with Crippen molar-refractivity contribution in [2.24, 2.45) is 0 Å². The molecular weight excluding hydrogens is 196 g/mol. The molecule has 0 spiro atoms. The number of anilines is 1. The van der Waals surface area contributed by atoms with Gasteiger partial charge in [-0.1, -0.05) is 0 Å². The van der Waals surface area contributed by atoms with Gasteiger partial charge < -0.3 is 5.73 Å². The van der Waals surface area contributed by atoms with Gasteiger partial charge in [-0.05, 0) is 17.5 Å². The van der Waals surface area contributed by atoms with E-state index in [-0.39, 0.29) is 0 Å². The van der Waals surface area contributed by atoms with E-state index < -0.39 is 0 Å². The van der Waals surface area contributed by atoms with Crippen LogP contribution in [0, 0.1) is 11.3 Å². The topological polar surface area (TPSA) is 66.9 Å². The molecule has 0 fully saturated rings. The molecule has 0 radical (unpaired) electrons. The maximum Gasteiger partial charge on any atom is 0.153 e. The Morgan fingerprint density at radius 2 is 2.36 bits per heavy atom. The molecule has 4 heteroatoms. The van der Waals surface area contributed by atoms with E-state index in [0.29, 0.717) is 23.1 Å². The summed E-state index contributed by atoms with van der Waals surface area (Å²) < 4.78 is 0.935. The molecule has 0 aliphatic carbocycles. The van der Waals surface area contributed by atoms with Gasteiger partial charge in [0.2, 0.25) is 0 Å². The third-order valence-electron chi connectivity index (χ3n) is 2.06. The lowest BCUT2D eigenvalue weighted by atomic mass is 10.0. The van der Waals surface area contributed by atoms with Gasteiger partial charge in [-0.15, -0.1) is 11.3 Å². The Balaban J connectivity index is 2.98. The number of rotatable bonds is 1. The third-order valence-corrected chi connectivity index (χ3v) is 2.92. The largest absolute Gasteiger partial charge is 0.398 e. The first-order chi connectivity index (χ1) is 6.77. The van der Waals surface area contributed by atoms with Crippen molar-refractivity contribution in [3.63, 3.8) is 0 Å². The number of nitrogen functional groups attached to an aromatic ring is 1. The average molecular weight is 202 g/mol. The molecule has 0 saturated carbocycles. The minimum absolute atomic E-state index is 0.290. The average Bonchev–Trinajstić information content (AvgIpc) is 2.62. The van der Waals surface area contributed by atoms with E-state index in [1.807, 2.05) is 17.5 Å². The van der Waals surface area contributed by atoms with Gasteiger partial charge in [-0.3, -0.25) is 4.79 Å². The number of hydrogen-bond acceptors (Lipinski definition) is 4. The lowest BCUT2D eigenvalue weighted by molar-refractivity contribution is 0.112. The van der Waals surface area contributed by atoms with Gasteiger partial charge in [0.15, 0.2) is 6.29 Å². The number of nitrogens with two attached hydrogens (primary N) is 1. The van der Waals surface area contributed by atoms with Crippen molar-refractivity contribution in [3.05, 3.63) is 28.6 Å². The maximum absolute atomic E-state index is 10.7. The lowest BCUT2D eigenvalue weighted by Crippen LogP contribution is -1.96. The van der Waals surface area contributed by atoms with E-state index in [4.69, 9.17) is 11.0 Å². The number of thiophene rings is 1. The molecule has 0 aliphatic heterocycles. The Morgan fingerprint density at radius 3 is 3.00 bits per heavy atom. The smallest absolute Gasteiger partial charge is 0.153 e. The van der Waals surface area contributed by atoms with Gasteiger partial charge in [0.25, 0.3) is 0 Å². The monoisotopic (exact) mass is 202 g/mol. The van der Waals surface area contributed by atoms with Gasteiger partial charge in [0.1, 0.15) is 6.07 Å². The summed E-state index contributed by atoms with van der Waals surface area (Å²) in [5.41, 5.74) is 6.69. The van der Waals surface area contributed by atoms with E-state index >= 15 is 0 Å². The molecule has 0 atom stereocenters. The van der Waals surface area contributed by atoms with Crippen LogP contribution < -0.4 is 5.73 Å². The summed E-state index contributed by atoms with van der Waals surface area (Å²) in [5.74, 6) is 0. The summed E-state index contributed by atoms with van der Waals surface area (Å²) in [6.07, 6.45) is 0.630. The van der Waals surface area contributed by atoms with Crippen LogP contribution >= 0.6 is 11.3 Å². The fraction of sp³-hybridized carbons (Fsp3) is 0. The van der Waals surface area contributed by atoms with Gasteiger partial charge in [-0.2, -0.15) is 5.26 Å². The number of nitriles is 1. The molecule has 1 aromatic heterocycles. The molecule has 0 bridgehead atoms. The van der Waals surface area contributed by atoms with Gasteiger partial charge in [-0.25, -0.2) is 0 Å². The SMILES string of the molecule is N#Cc1c(C=O)c(N)cc2sccc12. The first-order valence-corrected chi connectivity index (χ1v) is 4.81. The van der Waals surface area contributed by atoms with Crippen LogP contribution in [0.3, 0.4) is 0 Å². The second-order valence-corrected chi connectivity index (χ2v) is 3.76. The lowest BCUT2D eigenvalue weighted by Gasteiger charge is -2.01. The van der Waals surface area contributed by atoms with Crippen molar-refractivity contribution in [2.45, 2.75) is 0 Å². The Kier molecular flexibility index (Phi) is 1.95. The van der Waals surface area contributed by atoms with Crippen LogP contribution in [0.25, 0.3) is 10.1 Å². The summed E-state index contributed by atoms with van der Waals surface area (Å²) in [5, 5.41) is 11.6. The van der Waals surface area contributed by atoms with Gasteiger partial charge in [0.05, 0.1) is 11.1 Å². The zero-order chi connectivity index (χ0) is 10.1. The first kappa shape index (κ1) is 8.73. The van der Waals surface area contributed by atoms with Crippen LogP contribution in [0.15, 0.2) is 17.5 Å². The Hall–Kier alpha value is -1.86. The van der Waals surface area contributed by atoms with Crippen LogP contribution in [-0.2, 0) is 0 Å². The van der Waals surface area contributed by atoms with Crippen molar-refractivity contribution in [1.82, 2.24) is 0 Å². The maximum atomic E-state index is 10.7. The van der Waals surface area contributed by atoms with Crippen LogP contribution in [-0.4, -0.2) is 6.29 Å². The fourth-order valence-electron chi connectivity index (χ4n) is 1.40. The molecular formula is C10H6N2OS. The molecule has 68 valence electrons. The fourth-order valence-corrected chi connectivity index (χ4v) is 2.24. The van der Waals surface area contributed by atoms with E-state index in [1.54, 1.807) is 6.07 Å². The molecule has 2 aromatic rings. The van der Waals surface area contributed by atoms with Gasteiger partial charge in [0, 0.05) is 15.8 Å². The highest BCUT2D eigenvalue weighted by atomic mass is 32.1. The van der Waals surface area contributed by atoms with Gasteiger partial charge >= 0.3 is 0 Å². The number of benzene rings is 1. The highest BCUT2D eigenvalue weighted by molar-refractivity contribution is 7.17. The highest BCUT2D eigenvalue weighted by Crippen LogP contribution is 2.29. The summed E-state index contributed by atoms with van der Waals surface area (Å²) in [7, 11) is 0. The summed E-state index contributed by atoms with van der Waals surface area (Å²) in [6, 6.07) is 5.56. The molecule has 1 aromatic carbocycles. The van der Waals surface area contributed by atoms with Crippen LogP contribution in [0.4, 0.5) is 5.69 Å². The predicted octanol–water partition coefficient (Wildman–Crippen LogP) is 2.17. The number of aldehydes is 1. The zero-order valence-electron chi connectivity index (χ0n) is 7.15. The molecule has 0 saturated heterocycles. The van der Waals surface area contributed by atoms with E-state index in [2.05, 4.69) is 0 Å². The minimum Gasteiger partial charge on any atom is -0.398 e. The number of nitrogens with zero attached hydrogens (tertiary/aromatic N) is 1. The van der Waals surface area contributed by atoms with E-state index in [0.717, 1.165) is 10.1 Å². The molecule has 0 aliphatic rings. The number of fused-ring (bicyclic) bond motifs is 1. The van der Waals surface area contributed by atoms with Crippen LogP contribution in [0.1, 0.15) is 15.9 Å². The molecule has 1 heterocycles. The Morgan fingerprint density at radius 1 is 1.57 bits per heavy atom. The highest BCUT2D eigenvalue weighted by Gasteiger charge is 2.11. The molecule has 2 N–H and O–H groups in total. The molecule has 3 nitrogen and oxygen atoms in total. The number of hydrogen-bond donors (Lipinski definition) is 1. The van der Waals surface area contributed by atoms with E-state index in [1.165, 1.54) is 11.3 Å². The number of carbonyl (C=O) groups is 1. The quantitative estimate of drug-likeness (QED) is 0.569. The predicted molar refractivity (Wildman–Crippen MR) is 56.3 cm³/mol. The third kappa shape index (κ3) is 1.07.